The number of ether oxygens (including phenoxy) is 1. The van der Waals surface area contributed by atoms with Crippen LogP contribution in [0.1, 0.15) is 38.7 Å². The summed E-state index contributed by atoms with van der Waals surface area (Å²) in [6, 6.07) is 1.90. The fourth-order valence-corrected chi connectivity index (χ4v) is 2.83. The highest BCUT2D eigenvalue weighted by atomic mass is 16.5. The summed E-state index contributed by atoms with van der Waals surface area (Å²) < 4.78 is 5.17. The molecule has 0 spiro atoms. The van der Waals surface area contributed by atoms with Gasteiger partial charge in [-0.15, -0.1) is 0 Å². The average molecular weight is 235 g/mol. The van der Waals surface area contributed by atoms with Crippen molar-refractivity contribution in [3.63, 3.8) is 0 Å². The van der Waals surface area contributed by atoms with E-state index < -0.39 is 5.60 Å². The molecule has 1 saturated carbocycles. The summed E-state index contributed by atoms with van der Waals surface area (Å²) >= 11 is 0. The molecule has 0 saturated heterocycles. The van der Waals surface area contributed by atoms with Crippen molar-refractivity contribution in [1.82, 2.24) is 4.98 Å². The SMILES string of the molecule is COc1cncc(C2(O)CCC(C)CC2C)c1. The summed E-state index contributed by atoms with van der Waals surface area (Å²) in [7, 11) is 1.62. The molecule has 3 atom stereocenters. The third-order valence-electron chi connectivity index (χ3n) is 4.04. The molecule has 3 heteroatoms. The van der Waals surface area contributed by atoms with E-state index in [1.807, 2.05) is 6.07 Å². The summed E-state index contributed by atoms with van der Waals surface area (Å²) in [6.07, 6.45) is 6.37. The van der Waals surface area contributed by atoms with E-state index in [4.69, 9.17) is 4.74 Å². The second-order valence-electron chi connectivity index (χ2n) is 5.32. The summed E-state index contributed by atoms with van der Waals surface area (Å²) in [4.78, 5) is 4.14. The minimum atomic E-state index is -0.742. The van der Waals surface area contributed by atoms with Gasteiger partial charge in [0, 0.05) is 11.8 Å². The molecule has 1 N–H and O–H groups in total. The van der Waals surface area contributed by atoms with Crippen molar-refractivity contribution in [1.29, 1.82) is 0 Å². The normalized spacial score (nSPS) is 33.4. The van der Waals surface area contributed by atoms with E-state index >= 15 is 0 Å². The van der Waals surface area contributed by atoms with Gasteiger partial charge in [-0.25, -0.2) is 0 Å². The minimum Gasteiger partial charge on any atom is -0.495 e. The van der Waals surface area contributed by atoms with Gasteiger partial charge in [-0.1, -0.05) is 13.8 Å². The number of aromatic nitrogens is 1. The van der Waals surface area contributed by atoms with Gasteiger partial charge >= 0.3 is 0 Å². The fourth-order valence-electron chi connectivity index (χ4n) is 2.83. The van der Waals surface area contributed by atoms with Gasteiger partial charge < -0.3 is 9.84 Å². The number of nitrogens with zero attached hydrogens (tertiary/aromatic N) is 1. The van der Waals surface area contributed by atoms with Gasteiger partial charge in [0.25, 0.3) is 0 Å². The fraction of sp³-hybridized carbons (Fsp3) is 0.643. The second-order valence-corrected chi connectivity index (χ2v) is 5.32. The lowest BCUT2D eigenvalue weighted by molar-refractivity contribution is -0.0591. The van der Waals surface area contributed by atoms with Gasteiger partial charge in [0.1, 0.15) is 5.75 Å². The predicted molar refractivity (Wildman–Crippen MR) is 66.9 cm³/mol. The molecule has 1 fully saturated rings. The molecule has 3 unspecified atom stereocenters. The van der Waals surface area contributed by atoms with Gasteiger partial charge in [-0.05, 0) is 37.2 Å². The average Bonchev–Trinajstić information content (AvgIpc) is 2.34. The van der Waals surface area contributed by atoms with E-state index in [0.717, 1.165) is 24.8 Å². The van der Waals surface area contributed by atoms with Crippen molar-refractivity contribution < 1.29 is 9.84 Å². The molecule has 1 heterocycles. The Hall–Kier alpha value is -1.09. The molecule has 0 aliphatic heterocycles. The van der Waals surface area contributed by atoms with E-state index in [-0.39, 0.29) is 5.92 Å². The molecular formula is C14H21NO2. The molecule has 1 aliphatic rings. The number of rotatable bonds is 2. The first-order chi connectivity index (χ1) is 8.06. The Morgan fingerprint density at radius 1 is 1.41 bits per heavy atom. The van der Waals surface area contributed by atoms with Gasteiger partial charge in [0.15, 0.2) is 0 Å². The van der Waals surface area contributed by atoms with E-state index in [1.54, 1.807) is 19.5 Å². The third-order valence-corrected chi connectivity index (χ3v) is 4.04. The largest absolute Gasteiger partial charge is 0.495 e. The van der Waals surface area contributed by atoms with Gasteiger partial charge in [0.2, 0.25) is 0 Å². The second kappa shape index (κ2) is 4.65. The smallest absolute Gasteiger partial charge is 0.137 e. The maximum Gasteiger partial charge on any atom is 0.137 e. The molecule has 0 aromatic carbocycles. The number of hydrogen-bond donors (Lipinski definition) is 1. The molecular weight excluding hydrogens is 214 g/mol. The maximum absolute atomic E-state index is 10.9. The minimum absolute atomic E-state index is 0.264. The van der Waals surface area contributed by atoms with Gasteiger partial charge in [0.05, 0.1) is 18.9 Å². The van der Waals surface area contributed by atoms with Crippen LogP contribution in [-0.2, 0) is 5.60 Å². The summed E-state index contributed by atoms with van der Waals surface area (Å²) in [5.74, 6) is 1.67. The molecule has 2 rings (SSSR count). The summed E-state index contributed by atoms with van der Waals surface area (Å²) in [5.41, 5.74) is 0.143. The standard InChI is InChI=1S/C14H21NO2/c1-10-4-5-14(16,11(2)6-10)12-7-13(17-3)9-15-8-12/h7-11,16H,4-6H2,1-3H3. The van der Waals surface area contributed by atoms with Crippen LogP contribution < -0.4 is 4.74 Å². The quantitative estimate of drug-likeness (QED) is 0.857. The zero-order valence-electron chi connectivity index (χ0n) is 10.8. The van der Waals surface area contributed by atoms with Crippen molar-refractivity contribution >= 4 is 0 Å². The molecule has 0 radical (unpaired) electrons. The van der Waals surface area contributed by atoms with Crippen LogP contribution >= 0.6 is 0 Å². The van der Waals surface area contributed by atoms with Crippen molar-refractivity contribution in [2.75, 3.05) is 7.11 Å². The van der Waals surface area contributed by atoms with E-state index in [0.29, 0.717) is 11.7 Å². The highest BCUT2D eigenvalue weighted by Gasteiger charge is 2.40. The Balaban J connectivity index is 2.30. The molecule has 0 amide bonds. The molecule has 1 aliphatic carbocycles. The Bertz CT molecular complexity index is 394. The Morgan fingerprint density at radius 3 is 2.82 bits per heavy atom. The highest BCUT2D eigenvalue weighted by molar-refractivity contribution is 5.29. The van der Waals surface area contributed by atoms with Crippen molar-refractivity contribution in [2.45, 2.75) is 38.7 Å². The van der Waals surface area contributed by atoms with E-state index in [2.05, 4.69) is 18.8 Å². The van der Waals surface area contributed by atoms with Crippen LogP contribution in [0.3, 0.4) is 0 Å². The lowest BCUT2D eigenvalue weighted by Gasteiger charge is -2.41. The van der Waals surface area contributed by atoms with Gasteiger partial charge in [-0.2, -0.15) is 0 Å². The summed E-state index contributed by atoms with van der Waals surface area (Å²) in [5, 5.41) is 10.9. The third kappa shape index (κ3) is 2.29. The van der Waals surface area contributed by atoms with Crippen LogP contribution in [-0.4, -0.2) is 17.2 Å². The monoisotopic (exact) mass is 235 g/mol. The van der Waals surface area contributed by atoms with Gasteiger partial charge in [-0.3, -0.25) is 4.98 Å². The number of pyridine rings is 1. The highest BCUT2D eigenvalue weighted by Crippen LogP contribution is 2.43. The molecule has 3 nitrogen and oxygen atoms in total. The molecule has 94 valence electrons. The van der Waals surface area contributed by atoms with Crippen LogP contribution in [0, 0.1) is 11.8 Å². The van der Waals surface area contributed by atoms with E-state index in [1.165, 1.54) is 0 Å². The van der Waals surface area contributed by atoms with Crippen LogP contribution in [0.2, 0.25) is 0 Å². The molecule has 17 heavy (non-hydrogen) atoms. The zero-order valence-corrected chi connectivity index (χ0v) is 10.8. The van der Waals surface area contributed by atoms with E-state index in [9.17, 15) is 5.11 Å². The van der Waals surface area contributed by atoms with Crippen molar-refractivity contribution in [3.8, 4) is 5.75 Å². The Kier molecular flexibility index (Phi) is 3.38. The first-order valence-electron chi connectivity index (χ1n) is 6.28. The molecule has 1 aromatic heterocycles. The Labute approximate surface area is 103 Å². The molecule has 0 bridgehead atoms. The first-order valence-corrected chi connectivity index (χ1v) is 6.28. The first kappa shape index (κ1) is 12.4. The topological polar surface area (TPSA) is 42.4 Å². The van der Waals surface area contributed by atoms with Crippen LogP contribution in [0.4, 0.5) is 0 Å². The summed E-state index contributed by atoms with van der Waals surface area (Å²) in [6.45, 7) is 4.37. The lowest BCUT2D eigenvalue weighted by atomic mass is 9.69. The number of hydrogen-bond acceptors (Lipinski definition) is 3. The molecule has 1 aromatic rings. The predicted octanol–water partition coefficient (Wildman–Crippen LogP) is 2.73. The van der Waals surface area contributed by atoms with Crippen molar-refractivity contribution in [3.05, 3.63) is 24.0 Å². The number of methoxy groups -OCH3 is 1. The van der Waals surface area contributed by atoms with Crippen LogP contribution in [0.15, 0.2) is 18.5 Å². The van der Waals surface area contributed by atoms with Crippen LogP contribution in [0.5, 0.6) is 5.75 Å². The Morgan fingerprint density at radius 2 is 2.18 bits per heavy atom. The maximum atomic E-state index is 10.9. The number of aliphatic hydroxyl groups is 1. The van der Waals surface area contributed by atoms with Crippen molar-refractivity contribution in [2.24, 2.45) is 11.8 Å². The zero-order chi connectivity index (χ0) is 12.5. The van der Waals surface area contributed by atoms with Crippen LogP contribution in [0.25, 0.3) is 0 Å². The lowest BCUT2D eigenvalue weighted by Crippen LogP contribution is -2.38.